The Balaban J connectivity index is 2.08. The minimum absolute atomic E-state index is 0.0395. The Kier molecular flexibility index (Phi) is 4.47. The molecule has 0 bridgehead atoms. The Bertz CT molecular complexity index is 982. The minimum Gasteiger partial charge on any atom is -0.350 e. The first-order valence-corrected chi connectivity index (χ1v) is 8.93. The first kappa shape index (κ1) is 17.4. The second-order valence-corrected chi connectivity index (χ2v) is 8.26. The van der Waals surface area contributed by atoms with Crippen molar-refractivity contribution in [2.24, 2.45) is 0 Å². The molecular weight excluding hydrogens is 334 g/mol. The number of carbonyl (C=O) groups excluding carboxylic acids is 1. The molecule has 25 heavy (non-hydrogen) atoms. The summed E-state index contributed by atoms with van der Waals surface area (Å²) in [5.41, 5.74) is 1.37. The summed E-state index contributed by atoms with van der Waals surface area (Å²) in [5.74, 6) is -0.205. The molecular formula is C19H21N3O2S. The van der Waals surface area contributed by atoms with Crippen LogP contribution in [-0.2, 0) is 11.3 Å². The van der Waals surface area contributed by atoms with Crippen LogP contribution in [0.5, 0.6) is 0 Å². The molecule has 0 aliphatic rings. The van der Waals surface area contributed by atoms with Crippen LogP contribution in [-0.4, -0.2) is 21.0 Å². The van der Waals surface area contributed by atoms with E-state index < -0.39 is 0 Å². The summed E-state index contributed by atoms with van der Waals surface area (Å²) in [6, 6.07) is 9.81. The molecule has 0 fully saturated rings. The van der Waals surface area contributed by atoms with E-state index in [1.807, 2.05) is 58.0 Å². The average Bonchev–Trinajstić information content (AvgIpc) is 2.86. The molecule has 0 saturated heterocycles. The number of nitrogens with one attached hydrogen (secondary N) is 1. The molecule has 130 valence electrons. The van der Waals surface area contributed by atoms with Crippen molar-refractivity contribution in [1.82, 2.24) is 14.9 Å². The predicted molar refractivity (Wildman–Crippen MR) is 102 cm³/mol. The Morgan fingerprint density at radius 1 is 1.24 bits per heavy atom. The summed E-state index contributed by atoms with van der Waals surface area (Å²) in [6.45, 7) is 7.67. The topological polar surface area (TPSA) is 64.0 Å². The number of rotatable bonds is 3. The fourth-order valence-corrected chi connectivity index (χ4v) is 3.82. The van der Waals surface area contributed by atoms with Crippen molar-refractivity contribution < 1.29 is 4.79 Å². The molecule has 3 rings (SSSR count). The normalized spacial score (nSPS) is 11.7. The van der Waals surface area contributed by atoms with Crippen LogP contribution in [0.15, 0.2) is 41.5 Å². The van der Waals surface area contributed by atoms with E-state index in [0.717, 1.165) is 16.0 Å². The van der Waals surface area contributed by atoms with Crippen LogP contribution in [0.4, 0.5) is 0 Å². The molecule has 1 N–H and O–H groups in total. The van der Waals surface area contributed by atoms with Crippen molar-refractivity contribution in [3.8, 4) is 11.1 Å². The van der Waals surface area contributed by atoms with Crippen molar-refractivity contribution in [2.45, 2.75) is 39.8 Å². The lowest BCUT2D eigenvalue weighted by Gasteiger charge is -2.20. The molecule has 0 aliphatic heterocycles. The maximum absolute atomic E-state index is 13.0. The van der Waals surface area contributed by atoms with E-state index in [1.54, 1.807) is 0 Å². The van der Waals surface area contributed by atoms with Crippen LogP contribution in [0.1, 0.15) is 25.6 Å². The van der Waals surface area contributed by atoms with Gasteiger partial charge in [-0.2, -0.15) is 0 Å². The third-order valence-electron chi connectivity index (χ3n) is 3.75. The van der Waals surface area contributed by atoms with Gasteiger partial charge in [0, 0.05) is 16.0 Å². The average molecular weight is 355 g/mol. The molecule has 0 spiro atoms. The van der Waals surface area contributed by atoms with E-state index >= 15 is 0 Å². The number of aromatic nitrogens is 2. The molecule has 0 unspecified atom stereocenters. The number of amides is 1. The molecule has 0 radical (unpaired) electrons. The highest BCUT2D eigenvalue weighted by Gasteiger charge is 2.19. The highest BCUT2D eigenvalue weighted by atomic mass is 32.1. The van der Waals surface area contributed by atoms with Gasteiger partial charge in [-0.05, 0) is 33.3 Å². The standard InChI is InChI=1S/C19H21N3O2S/c1-12-15(13-8-6-5-7-9-13)16-17(25-12)20-11-22(18(16)24)10-14(23)21-19(2,3)4/h5-9,11H,10H2,1-4H3,(H,21,23). The number of hydrogen-bond acceptors (Lipinski definition) is 4. The first-order valence-electron chi connectivity index (χ1n) is 8.11. The number of carbonyl (C=O) groups is 1. The van der Waals surface area contributed by atoms with Crippen LogP contribution < -0.4 is 10.9 Å². The van der Waals surface area contributed by atoms with Gasteiger partial charge in [-0.25, -0.2) is 4.98 Å². The molecule has 0 saturated carbocycles. The van der Waals surface area contributed by atoms with Gasteiger partial charge in [0.2, 0.25) is 5.91 Å². The van der Waals surface area contributed by atoms with Crippen LogP contribution in [0.25, 0.3) is 21.3 Å². The highest BCUT2D eigenvalue weighted by molar-refractivity contribution is 7.19. The lowest BCUT2D eigenvalue weighted by Crippen LogP contribution is -2.43. The summed E-state index contributed by atoms with van der Waals surface area (Å²) in [4.78, 5) is 31.3. The second-order valence-electron chi connectivity index (χ2n) is 7.06. The Morgan fingerprint density at radius 2 is 1.92 bits per heavy atom. The first-order chi connectivity index (χ1) is 11.8. The van der Waals surface area contributed by atoms with Gasteiger partial charge in [0.25, 0.3) is 5.56 Å². The predicted octanol–water partition coefficient (Wildman–Crippen LogP) is 3.35. The SMILES string of the molecule is Cc1sc2ncn(CC(=O)NC(C)(C)C)c(=O)c2c1-c1ccccc1. The van der Waals surface area contributed by atoms with Crippen molar-refractivity contribution in [3.05, 3.63) is 51.9 Å². The van der Waals surface area contributed by atoms with Gasteiger partial charge < -0.3 is 5.32 Å². The smallest absolute Gasteiger partial charge is 0.263 e. The fraction of sp³-hybridized carbons (Fsp3) is 0.316. The number of nitrogens with zero attached hydrogens (tertiary/aromatic N) is 2. The lowest BCUT2D eigenvalue weighted by molar-refractivity contribution is -0.123. The van der Waals surface area contributed by atoms with Crippen molar-refractivity contribution in [1.29, 1.82) is 0 Å². The van der Waals surface area contributed by atoms with E-state index in [2.05, 4.69) is 10.3 Å². The van der Waals surface area contributed by atoms with E-state index in [4.69, 9.17) is 0 Å². The largest absolute Gasteiger partial charge is 0.350 e. The maximum Gasteiger partial charge on any atom is 0.263 e. The monoisotopic (exact) mass is 355 g/mol. The zero-order valence-electron chi connectivity index (χ0n) is 14.8. The van der Waals surface area contributed by atoms with E-state index in [-0.39, 0.29) is 23.6 Å². The van der Waals surface area contributed by atoms with Crippen molar-refractivity contribution in [3.63, 3.8) is 0 Å². The quantitative estimate of drug-likeness (QED) is 0.784. The number of fused-ring (bicyclic) bond motifs is 1. The summed E-state index contributed by atoms with van der Waals surface area (Å²) in [7, 11) is 0. The van der Waals surface area contributed by atoms with Crippen LogP contribution in [0.3, 0.4) is 0 Å². The molecule has 1 amide bonds. The van der Waals surface area contributed by atoms with Crippen LogP contribution >= 0.6 is 11.3 Å². The van der Waals surface area contributed by atoms with Gasteiger partial charge in [-0.15, -0.1) is 11.3 Å². The lowest BCUT2D eigenvalue weighted by atomic mass is 10.0. The molecule has 0 aliphatic carbocycles. The van der Waals surface area contributed by atoms with E-state index in [9.17, 15) is 9.59 Å². The second kappa shape index (κ2) is 6.44. The summed E-state index contributed by atoms with van der Waals surface area (Å²) >= 11 is 1.50. The summed E-state index contributed by atoms with van der Waals surface area (Å²) in [5, 5.41) is 3.45. The molecule has 6 heteroatoms. The Labute approximate surface area is 150 Å². The third kappa shape index (κ3) is 3.64. The number of thiophene rings is 1. The number of hydrogen-bond donors (Lipinski definition) is 1. The van der Waals surface area contributed by atoms with Gasteiger partial charge in [-0.3, -0.25) is 14.2 Å². The third-order valence-corrected chi connectivity index (χ3v) is 4.76. The molecule has 0 atom stereocenters. The maximum atomic E-state index is 13.0. The van der Waals surface area contributed by atoms with E-state index in [0.29, 0.717) is 10.2 Å². The summed E-state index contributed by atoms with van der Waals surface area (Å²) < 4.78 is 1.38. The van der Waals surface area contributed by atoms with Crippen molar-refractivity contribution >= 4 is 27.5 Å². The van der Waals surface area contributed by atoms with Gasteiger partial charge in [0.1, 0.15) is 11.4 Å². The molecule has 2 aromatic heterocycles. The fourth-order valence-electron chi connectivity index (χ4n) is 2.82. The van der Waals surface area contributed by atoms with Gasteiger partial charge >= 0.3 is 0 Å². The van der Waals surface area contributed by atoms with E-state index in [1.165, 1.54) is 22.2 Å². The zero-order chi connectivity index (χ0) is 18.2. The molecule has 2 heterocycles. The summed E-state index contributed by atoms with van der Waals surface area (Å²) in [6.07, 6.45) is 1.46. The van der Waals surface area contributed by atoms with Crippen LogP contribution in [0, 0.1) is 6.92 Å². The van der Waals surface area contributed by atoms with Gasteiger partial charge in [0.15, 0.2) is 0 Å². The van der Waals surface area contributed by atoms with Gasteiger partial charge in [-0.1, -0.05) is 30.3 Å². The highest BCUT2D eigenvalue weighted by Crippen LogP contribution is 2.35. The van der Waals surface area contributed by atoms with Crippen LogP contribution in [0.2, 0.25) is 0 Å². The van der Waals surface area contributed by atoms with Gasteiger partial charge in [0.05, 0.1) is 11.7 Å². The Hall–Kier alpha value is -2.47. The molecule has 3 aromatic rings. The Morgan fingerprint density at radius 3 is 2.56 bits per heavy atom. The zero-order valence-corrected chi connectivity index (χ0v) is 15.6. The molecule has 5 nitrogen and oxygen atoms in total. The molecule has 1 aromatic carbocycles. The van der Waals surface area contributed by atoms with Crippen molar-refractivity contribution in [2.75, 3.05) is 0 Å². The minimum atomic E-state index is -0.341. The number of aryl methyl sites for hydroxylation is 1. The number of benzene rings is 1.